The number of benzene rings is 5. The van der Waals surface area contributed by atoms with Crippen molar-refractivity contribution in [3.8, 4) is 28.4 Å². The number of rotatable bonds is 8. The van der Waals surface area contributed by atoms with Crippen molar-refractivity contribution in [2.24, 2.45) is 0 Å². The Morgan fingerprint density at radius 1 is 0.698 bits per heavy atom. The minimum absolute atomic E-state index is 0.156. The van der Waals surface area contributed by atoms with E-state index in [-0.39, 0.29) is 5.41 Å². The Balaban J connectivity index is 1.31. The first-order valence-corrected chi connectivity index (χ1v) is 19.2. The summed E-state index contributed by atoms with van der Waals surface area (Å²) in [6.07, 6.45) is 6.60. The van der Waals surface area contributed by atoms with Crippen LogP contribution in [0.25, 0.3) is 28.0 Å². The summed E-state index contributed by atoms with van der Waals surface area (Å²) in [5, 5.41) is 2.25. The fourth-order valence-electron chi connectivity index (χ4n) is 9.44. The predicted octanol–water partition coefficient (Wildman–Crippen LogP) is 8.97. The van der Waals surface area contributed by atoms with Crippen molar-refractivity contribution in [1.29, 1.82) is 0 Å². The number of fused-ring (bicyclic) bond motifs is 8. The number of methoxy groups -OCH3 is 2. The third-order valence-electron chi connectivity index (χ3n) is 12.3. The zero-order chi connectivity index (χ0) is 36.2. The lowest BCUT2D eigenvalue weighted by molar-refractivity contribution is 0.122. The summed E-state index contributed by atoms with van der Waals surface area (Å²) in [7, 11) is 3.48. The molecule has 4 aliphatic rings. The first kappa shape index (κ1) is 33.8. The third kappa shape index (κ3) is 5.23. The smallest absolute Gasteiger partial charge is 0.178 e. The molecule has 1 atom stereocenters. The normalized spacial score (nSPS) is 20.1. The number of anilines is 2. The topological polar surface area (TPSA) is 52.6 Å². The van der Waals surface area contributed by atoms with Crippen LogP contribution in [0.3, 0.4) is 0 Å². The van der Waals surface area contributed by atoms with Gasteiger partial charge in [0.15, 0.2) is 5.60 Å². The van der Waals surface area contributed by atoms with Crippen LogP contribution in [-0.4, -0.2) is 66.8 Å². The number of hydrogen-bond donors (Lipinski definition) is 0. The van der Waals surface area contributed by atoms with E-state index in [4.69, 9.17) is 23.7 Å². The molecular weight excluding hydrogens is 661 g/mol. The first-order chi connectivity index (χ1) is 26.0. The lowest BCUT2D eigenvalue weighted by Crippen LogP contribution is -2.37. The van der Waals surface area contributed by atoms with Crippen molar-refractivity contribution in [3.63, 3.8) is 0 Å². The molecule has 0 saturated carbocycles. The summed E-state index contributed by atoms with van der Waals surface area (Å²) in [5.74, 6) is 2.54. The van der Waals surface area contributed by atoms with E-state index in [1.165, 1.54) is 33.3 Å². The Morgan fingerprint density at radius 3 is 1.98 bits per heavy atom. The molecule has 7 heteroatoms. The van der Waals surface area contributed by atoms with E-state index in [1.54, 1.807) is 14.2 Å². The van der Waals surface area contributed by atoms with Crippen molar-refractivity contribution < 1.29 is 23.7 Å². The third-order valence-corrected chi connectivity index (χ3v) is 12.3. The lowest BCUT2D eigenvalue weighted by Gasteiger charge is -2.40. The summed E-state index contributed by atoms with van der Waals surface area (Å²) in [6.45, 7) is 11.0. The van der Waals surface area contributed by atoms with Gasteiger partial charge in [-0.15, -0.1) is 0 Å². The number of nitrogens with zero attached hydrogens (tertiary/aromatic N) is 2. The average Bonchev–Trinajstić information content (AvgIpc) is 3.54. The fourth-order valence-corrected chi connectivity index (χ4v) is 9.44. The summed E-state index contributed by atoms with van der Waals surface area (Å²) in [6, 6.07) is 30.9. The SMILES string of the molecule is CCC1(CC)c2ccccc2-c2c1c1c(c3cc(OC)c(N4CCOCC4)cc23)OC(c2ccc(OC)cc2)(c2ccc(N3CCOCC3)cc2)C=C1. The highest BCUT2D eigenvalue weighted by Gasteiger charge is 2.47. The Kier molecular flexibility index (Phi) is 8.59. The molecular formula is C46H48N2O5. The van der Waals surface area contributed by atoms with Crippen molar-refractivity contribution in [2.45, 2.75) is 37.7 Å². The molecule has 0 bridgehead atoms. The van der Waals surface area contributed by atoms with Gasteiger partial charge in [-0.3, -0.25) is 0 Å². The molecule has 272 valence electrons. The van der Waals surface area contributed by atoms with Gasteiger partial charge < -0.3 is 33.5 Å². The zero-order valence-corrected chi connectivity index (χ0v) is 31.2. The molecule has 5 aromatic rings. The van der Waals surface area contributed by atoms with E-state index in [0.29, 0.717) is 13.2 Å². The molecule has 2 fully saturated rings. The van der Waals surface area contributed by atoms with Gasteiger partial charge in [0.05, 0.1) is 46.3 Å². The molecule has 2 saturated heterocycles. The van der Waals surface area contributed by atoms with Crippen molar-refractivity contribution in [1.82, 2.24) is 0 Å². The van der Waals surface area contributed by atoms with Gasteiger partial charge in [0.2, 0.25) is 0 Å². The summed E-state index contributed by atoms with van der Waals surface area (Å²) in [5.41, 5.74) is 9.89. The highest BCUT2D eigenvalue weighted by atomic mass is 16.5. The quantitative estimate of drug-likeness (QED) is 0.160. The maximum absolute atomic E-state index is 7.70. The second kappa shape index (κ2) is 13.5. The largest absolute Gasteiger partial charge is 0.497 e. The van der Waals surface area contributed by atoms with Gasteiger partial charge in [-0.05, 0) is 83.0 Å². The second-order valence-corrected chi connectivity index (χ2v) is 14.5. The minimum Gasteiger partial charge on any atom is -0.497 e. The van der Waals surface area contributed by atoms with Gasteiger partial charge >= 0.3 is 0 Å². The Morgan fingerprint density at radius 2 is 1.34 bits per heavy atom. The van der Waals surface area contributed by atoms with Crippen LogP contribution in [0.1, 0.15) is 54.5 Å². The molecule has 1 unspecified atom stereocenters. The molecule has 0 radical (unpaired) electrons. The summed E-state index contributed by atoms with van der Waals surface area (Å²) < 4.78 is 30.9. The summed E-state index contributed by atoms with van der Waals surface area (Å²) >= 11 is 0. The van der Waals surface area contributed by atoms with Crippen LogP contribution in [0, 0.1) is 0 Å². The maximum Gasteiger partial charge on any atom is 0.178 e. The van der Waals surface area contributed by atoms with Gasteiger partial charge in [-0.2, -0.15) is 0 Å². The average molecular weight is 709 g/mol. The van der Waals surface area contributed by atoms with Gasteiger partial charge in [0, 0.05) is 59.4 Å². The molecule has 3 heterocycles. The predicted molar refractivity (Wildman–Crippen MR) is 213 cm³/mol. The molecule has 1 aliphatic carbocycles. The lowest BCUT2D eigenvalue weighted by atomic mass is 9.71. The van der Waals surface area contributed by atoms with Gasteiger partial charge in [-0.1, -0.05) is 68.5 Å². The van der Waals surface area contributed by atoms with Gasteiger partial charge in [0.25, 0.3) is 0 Å². The molecule has 5 aromatic carbocycles. The Bertz CT molecular complexity index is 2180. The van der Waals surface area contributed by atoms with Crippen molar-refractivity contribution in [2.75, 3.05) is 76.6 Å². The van der Waals surface area contributed by atoms with Crippen LogP contribution in [-0.2, 0) is 20.5 Å². The minimum atomic E-state index is -0.896. The van der Waals surface area contributed by atoms with Gasteiger partial charge in [-0.25, -0.2) is 0 Å². The van der Waals surface area contributed by atoms with E-state index in [0.717, 1.165) is 97.2 Å². The standard InChI is InChI=1S/C46H48N2O5/c1-5-45(6-2)39-10-8-7-9-35(39)42-37-29-40(48-23-27-52-28-24-48)41(50-4)30-38(37)44-36(43(42)45)19-20-46(53-44,32-13-17-34(49-3)18-14-32)31-11-15-33(16-12-31)47-21-25-51-26-22-47/h7-20,29-30H,5-6,21-28H2,1-4H3. The maximum atomic E-state index is 7.70. The molecule has 0 N–H and O–H groups in total. The van der Waals surface area contributed by atoms with E-state index in [2.05, 4.69) is 109 Å². The summed E-state index contributed by atoms with van der Waals surface area (Å²) in [4.78, 5) is 4.79. The van der Waals surface area contributed by atoms with Crippen LogP contribution in [0.4, 0.5) is 11.4 Å². The molecule has 9 rings (SSSR count). The number of morpholine rings is 2. The monoisotopic (exact) mass is 708 g/mol. The van der Waals surface area contributed by atoms with Crippen molar-refractivity contribution >= 4 is 28.2 Å². The Hall–Kier alpha value is -4.98. The fraction of sp³-hybridized carbons (Fsp3) is 0.348. The molecule has 0 aromatic heterocycles. The van der Waals surface area contributed by atoms with Crippen molar-refractivity contribution in [3.05, 3.63) is 119 Å². The molecule has 0 amide bonds. The molecule has 7 nitrogen and oxygen atoms in total. The Labute approximate surface area is 312 Å². The molecule has 0 spiro atoms. The van der Waals surface area contributed by atoms with Crippen LogP contribution in [0.5, 0.6) is 17.2 Å². The number of hydrogen-bond acceptors (Lipinski definition) is 7. The number of ether oxygens (including phenoxy) is 5. The zero-order valence-electron chi connectivity index (χ0n) is 31.2. The van der Waals surface area contributed by atoms with E-state index >= 15 is 0 Å². The van der Waals surface area contributed by atoms with E-state index in [9.17, 15) is 0 Å². The van der Waals surface area contributed by atoms with E-state index in [1.807, 2.05) is 12.1 Å². The van der Waals surface area contributed by atoms with Crippen LogP contribution in [0.15, 0.2) is 91.0 Å². The van der Waals surface area contributed by atoms with E-state index < -0.39 is 5.60 Å². The second-order valence-electron chi connectivity index (χ2n) is 14.5. The van der Waals surface area contributed by atoms with Crippen LogP contribution >= 0.6 is 0 Å². The molecule has 53 heavy (non-hydrogen) atoms. The van der Waals surface area contributed by atoms with Gasteiger partial charge in [0.1, 0.15) is 17.2 Å². The first-order valence-electron chi connectivity index (χ1n) is 19.2. The highest BCUT2D eigenvalue weighted by molar-refractivity contribution is 6.10. The molecule has 3 aliphatic heterocycles. The van der Waals surface area contributed by atoms with Crippen LogP contribution in [0.2, 0.25) is 0 Å². The highest BCUT2D eigenvalue weighted by Crippen LogP contribution is 2.61. The van der Waals surface area contributed by atoms with Crippen LogP contribution < -0.4 is 24.0 Å².